The summed E-state index contributed by atoms with van der Waals surface area (Å²) in [6.07, 6.45) is 0. The Labute approximate surface area is 146 Å². The number of ether oxygens (including phenoxy) is 1. The minimum absolute atomic E-state index is 0.00162. The van der Waals surface area contributed by atoms with Crippen molar-refractivity contribution in [1.29, 1.82) is 0 Å². The summed E-state index contributed by atoms with van der Waals surface area (Å²) in [5.74, 6) is 0.0809. The minimum Gasteiger partial charge on any atom is -0.370 e. The van der Waals surface area contributed by atoms with Gasteiger partial charge in [0.1, 0.15) is 13.1 Å². The first-order chi connectivity index (χ1) is 11.7. The van der Waals surface area contributed by atoms with E-state index in [2.05, 4.69) is 17.4 Å². The average molecular weight is 344 g/mol. The molecule has 4 nitrogen and oxygen atoms in total. The highest BCUT2D eigenvalue weighted by Crippen LogP contribution is 2.37. The Bertz CT molecular complexity index is 744. The van der Waals surface area contributed by atoms with Crippen LogP contribution >= 0.6 is 11.6 Å². The number of carbonyl (C=O) groups is 1. The zero-order valence-electron chi connectivity index (χ0n) is 13.3. The molecule has 2 heterocycles. The topological polar surface area (TPSA) is 42.8 Å². The van der Waals surface area contributed by atoms with E-state index in [-0.39, 0.29) is 17.9 Å². The van der Waals surface area contributed by atoms with Gasteiger partial charge in [0.15, 0.2) is 6.04 Å². The lowest BCUT2D eigenvalue weighted by Crippen LogP contribution is -3.19. The summed E-state index contributed by atoms with van der Waals surface area (Å²) in [7, 11) is 0. The van der Waals surface area contributed by atoms with E-state index in [1.165, 1.54) is 4.90 Å². The van der Waals surface area contributed by atoms with Gasteiger partial charge in [0, 0.05) is 10.7 Å². The lowest BCUT2D eigenvalue weighted by molar-refractivity contribution is -0.924. The molecule has 1 amide bonds. The number of nitrogens with one attached hydrogen (secondary N) is 2. The van der Waals surface area contributed by atoms with E-state index in [1.807, 2.05) is 36.4 Å². The number of anilines is 1. The predicted octanol–water partition coefficient (Wildman–Crippen LogP) is 1.71. The van der Waals surface area contributed by atoms with Crippen molar-refractivity contribution in [1.82, 2.24) is 0 Å². The number of rotatable bonds is 2. The van der Waals surface area contributed by atoms with Gasteiger partial charge in [0.05, 0.1) is 19.1 Å². The Morgan fingerprint density at radius 2 is 1.83 bits per heavy atom. The van der Waals surface area contributed by atoms with Crippen LogP contribution in [0.2, 0.25) is 5.02 Å². The number of hydrogen-bond donors (Lipinski definition) is 2. The molecule has 2 aromatic carbocycles. The van der Waals surface area contributed by atoms with Crippen molar-refractivity contribution in [3.05, 3.63) is 64.7 Å². The Kier molecular flexibility index (Phi) is 4.27. The number of quaternary nitrogens is 1. The monoisotopic (exact) mass is 343 g/mol. The third kappa shape index (κ3) is 2.81. The van der Waals surface area contributed by atoms with E-state index in [4.69, 9.17) is 16.3 Å². The largest absolute Gasteiger partial charge is 0.370 e. The molecule has 124 valence electrons. The van der Waals surface area contributed by atoms with Gasteiger partial charge < -0.3 is 15.0 Å². The number of benzene rings is 2. The quantitative estimate of drug-likeness (QED) is 0.871. The van der Waals surface area contributed by atoms with Crippen LogP contribution in [0.25, 0.3) is 0 Å². The summed E-state index contributed by atoms with van der Waals surface area (Å²) >= 11 is 6.26. The maximum absolute atomic E-state index is 12.9. The fraction of sp³-hybridized carbons (Fsp3) is 0.316. The van der Waals surface area contributed by atoms with E-state index >= 15 is 0 Å². The van der Waals surface area contributed by atoms with Gasteiger partial charge in [-0.3, -0.25) is 4.79 Å². The van der Waals surface area contributed by atoms with Crippen molar-refractivity contribution in [2.24, 2.45) is 0 Å². The summed E-state index contributed by atoms with van der Waals surface area (Å²) in [6.45, 7) is 3.08. The highest BCUT2D eigenvalue weighted by Gasteiger charge is 2.44. The second kappa shape index (κ2) is 6.55. The molecule has 0 saturated carbocycles. The second-order valence-corrected chi connectivity index (χ2v) is 6.79. The van der Waals surface area contributed by atoms with Crippen molar-refractivity contribution < 1.29 is 14.4 Å². The fourth-order valence-corrected chi connectivity index (χ4v) is 4.02. The summed E-state index contributed by atoms with van der Waals surface area (Å²) < 4.78 is 5.48. The maximum Gasteiger partial charge on any atom is 0.283 e. The number of morpholine rings is 1. The Hall–Kier alpha value is -1.88. The predicted molar refractivity (Wildman–Crippen MR) is 93.7 cm³/mol. The van der Waals surface area contributed by atoms with Gasteiger partial charge in [-0.1, -0.05) is 41.9 Å². The van der Waals surface area contributed by atoms with Crippen LogP contribution in [0.4, 0.5) is 5.69 Å². The van der Waals surface area contributed by atoms with E-state index < -0.39 is 0 Å². The molecule has 2 atom stereocenters. The molecule has 1 saturated heterocycles. The molecule has 0 bridgehead atoms. The third-order valence-electron chi connectivity index (χ3n) is 4.96. The fourth-order valence-electron chi connectivity index (χ4n) is 3.84. The van der Waals surface area contributed by atoms with E-state index in [1.54, 1.807) is 0 Å². The number of carbonyl (C=O) groups excluding carboxylic acids is 1. The molecule has 1 fully saturated rings. The van der Waals surface area contributed by atoms with Crippen LogP contribution < -0.4 is 10.2 Å². The first-order valence-electron chi connectivity index (χ1n) is 8.31. The lowest BCUT2D eigenvalue weighted by atomic mass is 9.80. The Morgan fingerprint density at radius 1 is 1.08 bits per heavy atom. The van der Waals surface area contributed by atoms with Crippen molar-refractivity contribution in [3.8, 4) is 0 Å². The van der Waals surface area contributed by atoms with Gasteiger partial charge >= 0.3 is 0 Å². The zero-order chi connectivity index (χ0) is 16.5. The third-order valence-corrected chi connectivity index (χ3v) is 5.19. The molecule has 0 aliphatic carbocycles. The minimum atomic E-state index is -0.165. The molecule has 4 rings (SSSR count). The standard InChI is InChI=1S/C19H19ClN2O2/c20-14-6-7-16-15(12-14)17(13-4-2-1-3-5-13)18(19(23)21-16)22-8-10-24-11-9-22/h1-7,12,17-18H,8-11H2,(H,21,23)/p+1. The molecule has 2 aromatic rings. The van der Waals surface area contributed by atoms with Crippen molar-refractivity contribution in [2.45, 2.75) is 12.0 Å². The number of amides is 1. The Morgan fingerprint density at radius 3 is 2.58 bits per heavy atom. The van der Waals surface area contributed by atoms with Crippen molar-refractivity contribution in [3.63, 3.8) is 0 Å². The molecule has 2 N–H and O–H groups in total. The van der Waals surface area contributed by atoms with Crippen molar-refractivity contribution >= 4 is 23.2 Å². The maximum atomic E-state index is 12.9. The number of hydrogen-bond acceptors (Lipinski definition) is 2. The smallest absolute Gasteiger partial charge is 0.283 e. The van der Waals surface area contributed by atoms with E-state index in [0.29, 0.717) is 18.2 Å². The highest BCUT2D eigenvalue weighted by molar-refractivity contribution is 6.30. The van der Waals surface area contributed by atoms with E-state index in [9.17, 15) is 4.79 Å². The first kappa shape index (κ1) is 15.6. The molecule has 2 aliphatic rings. The first-order valence-corrected chi connectivity index (χ1v) is 8.69. The van der Waals surface area contributed by atoms with Crippen LogP contribution in [-0.2, 0) is 9.53 Å². The van der Waals surface area contributed by atoms with Crippen LogP contribution in [0, 0.1) is 0 Å². The SMILES string of the molecule is O=C1Nc2ccc(Cl)cc2C(c2ccccc2)C1[NH+]1CCOCC1. The molecule has 0 spiro atoms. The van der Waals surface area contributed by atoms with Gasteiger partial charge in [-0.2, -0.15) is 0 Å². The number of halogens is 1. The zero-order valence-corrected chi connectivity index (χ0v) is 14.1. The molecular weight excluding hydrogens is 324 g/mol. The summed E-state index contributed by atoms with van der Waals surface area (Å²) in [5.41, 5.74) is 3.11. The van der Waals surface area contributed by atoms with Gasteiger partial charge in [-0.15, -0.1) is 0 Å². The van der Waals surface area contributed by atoms with Crippen LogP contribution in [0.3, 0.4) is 0 Å². The highest BCUT2D eigenvalue weighted by atomic mass is 35.5. The Balaban J connectivity index is 1.83. The van der Waals surface area contributed by atoms with Crippen LogP contribution in [0.1, 0.15) is 17.0 Å². The summed E-state index contributed by atoms with van der Waals surface area (Å²) in [6, 6.07) is 15.8. The number of fused-ring (bicyclic) bond motifs is 1. The average Bonchev–Trinajstić information content (AvgIpc) is 2.62. The molecule has 0 radical (unpaired) electrons. The van der Waals surface area contributed by atoms with Gasteiger partial charge in [-0.05, 0) is 29.3 Å². The molecular formula is C19H20ClN2O2+. The summed E-state index contributed by atoms with van der Waals surface area (Å²) in [5, 5.41) is 3.77. The normalized spacial score (nSPS) is 24.3. The van der Waals surface area contributed by atoms with Crippen LogP contribution in [-0.4, -0.2) is 38.3 Å². The van der Waals surface area contributed by atoms with Crippen molar-refractivity contribution in [2.75, 3.05) is 31.6 Å². The van der Waals surface area contributed by atoms with E-state index in [0.717, 1.165) is 29.9 Å². The molecule has 24 heavy (non-hydrogen) atoms. The summed E-state index contributed by atoms with van der Waals surface area (Å²) in [4.78, 5) is 14.2. The molecule has 5 heteroatoms. The van der Waals surface area contributed by atoms with Crippen LogP contribution in [0.15, 0.2) is 48.5 Å². The molecule has 0 aromatic heterocycles. The van der Waals surface area contributed by atoms with Gasteiger partial charge in [-0.25, -0.2) is 0 Å². The molecule has 2 unspecified atom stereocenters. The van der Waals surface area contributed by atoms with Crippen LogP contribution in [0.5, 0.6) is 0 Å². The van der Waals surface area contributed by atoms with Gasteiger partial charge in [0.25, 0.3) is 5.91 Å². The lowest BCUT2D eigenvalue weighted by Gasteiger charge is -2.39. The molecule has 2 aliphatic heterocycles. The second-order valence-electron chi connectivity index (χ2n) is 6.36. The van der Waals surface area contributed by atoms with Gasteiger partial charge in [0.2, 0.25) is 0 Å².